The van der Waals surface area contributed by atoms with E-state index in [1.807, 2.05) is 11.9 Å². The van der Waals surface area contributed by atoms with Crippen LogP contribution in [0.15, 0.2) is 0 Å². The van der Waals surface area contributed by atoms with Gasteiger partial charge in [-0.05, 0) is 12.8 Å². The average molecular weight is 230 g/mol. The largest absolute Gasteiger partial charge is 0.381 e. The quantitative estimate of drug-likeness (QED) is 0.434. The molecule has 94 valence electrons. The number of nitrogens with zero attached hydrogens (tertiary/aromatic N) is 1. The smallest absolute Gasteiger partial charge is 0.174 e. The van der Waals surface area contributed by atoms with Crippen LogP contribution in [0.5, 0.6) is 0 Å². The minimum Gasteiger partial charge on any atom is -0.381 e. The van der Waals surface area contributed by atoms with E-state index in [0.29, 0.717) is 18.3 Å². The lowest BCUT2D eigenvalue weighted by Gasteiger charge is -2.30. The van der Waals surface area contributed by atoms with Crippen LogP contribution in [0, 0.1) is 11.3 Å². The van der Waals surface area contributed by atoms with Crippen molar-refractivity contribution in [3.63, 3.8) is 0 Å². The van der Waals surface area contributed by atoms with E-state index in [1.54, 1.807) is 14.2 Å². The van der Waals surface area contributed by atoms with Gasteiger partial charge >= 0.3 is 0 Å². The van der Waals surface area contributed by atoms with Gasteiger partial charge in [0.1, 0.15) is 0 Å². The van der Waals surface area contributed by atoms with Gasteiger partial charge in [-0.1, -0.05) is 0 Å². The molecule has 5 heteroatoms. The third kappa shape index (κ3) is 3.73. The summed E-state index contributed by atoms with van der Waals surface area (Å²) in [6.45, 7) is 2.11. The van der Waals surface area contributed by atoms with E-state index >= 15 is 0 Å². The Kier molecular flexibility index (Phi) is 5.73. The van der Waals surface area contributed by atoms with Gasteiger partial charge in [-0.25, -0.2) is 0 Å². The second kappa shape index (κ2) is 6.83. The molecule has 1 saturated heterocycles. The van der Waals surface area contributed by atoms with Crippen molar-refractivity contribution < 1.29 is 14.2 Å². The average Bonchev–Trinajstić information content (AvgIpc) is 2.35. The van der Waals surface area contributed by atoms with Gasteiger partial charge in [0.05, 0.1) is 12.4 Å². The van der Waals surface area contributed by atoms with Crippen molar-refractivity contribution in [2.45, 2.75) is 19.1 Å². The molecule has 0 aliphatic carbocycles. The molecule has 1 fully saturated rings. The zero-order valence-corrected chi connectivity index (χ0v) is 10.4. The lowest BCUT2D eigenvalue weighted by Crippen LogP contribution is -2.40. The summed E-state index contributed by atoms with van der Waals surface area (Å²) in [7, 11) is 5.13. The van der Waals surface area contributed by atoms with E-state index in [1.165, 1.54) is 0 Å². The normalized spacial score (nSPS) is 17.8. The maximum absolute atomic E-state index is 8.09. The van der Waals surface area contributed by atoms with E-state index in [0.717, 1.165) is 26.1 Å². The number of amidine groups is 1. The highest BCUT2D eigenvalue weighted by molar-refractivity contribution is 5.81. The fraction of sp³-hybridized carbons (Fsp3) is 0.909. The minimum absolute atomic E-state index is 0.273. The maximum atomic E-state index is 8.09. The number of hydrogen-bond acceptors (Lipinski definition) is 4. The summed E-state index contributed by atoms with van der Waals surface area (Å²) < 4.78 is 15.5. The zero-order chi connectivity index (χ0) is 12.0. The van der Waals surface area contributed by atoms with Crippen LogP contribution in [-0.4, -0.2) is 58.1 Å². The summed E-state index contributed by atoms with van der Waals surface area (Å²) in [5.41, 5.74) is 0. The number of ether oxygens (including phenoxy) is 3. The van der Waals surface area contributed by atoms with Crippen LogP contribution >= 0.6 is 0 Å². The topological polar surface area (TPSA) is 54.8 Å². The van der Waals surface area contributed by atoms with Gasteiger partial charge in [-0.2, -0.15) is 0 Å². The van der Waals surface area contributed by atoms with E-state index in [4.69, 9.17) is 19.6 Å². The van der Waals surface area contributed by atoms with Crippen molar-refractivity contribution in [2.75, 3.05) is 41.0 Å². The Balaban J connectivity index is 2.39. The van der Waals surface area contributed by atoms with Crippen molar-refractivity contribution in [2.24, 2.45) is 5.92 Å². The molecule has 0 atom stereocenters. The first-order valence-electron chi connectivity index (χ1n) is 5.62. The lowest BCUT2D eigenvalue weighted by molar-refractivity contribution is -0.108. The zero-order valence-electron chi connectivity index (χ0n) is 10.4. The Morgan fingerprint density at radius 3 is 2.44 bits per heavy atom. The molecule has 0 amide bonds. The molecule has 16 heavy (non-hydrogen) atoms. The van der Waals surface area contributed by atoms with Gasteiger partial charge in [-0.15, -0.1) is 0 Å². The summed E-state index contributed by atoms with van der Waals surface area (Å²) in [4.78, 5) is 1.90. The summed E-state index contributed by atoms with van der Waals surface area (Å²) in [5.74, 6) is 0.968. The monoisotopic (exact) mass is 230 g/mol. The highest BCUT2D eigenvalue weighted by Crippen LogP contribution is 2.17. The van der Waals surface area contributed by atoms with Crippen LogP contribution in [0.3, 0.4) is 0 Å². The highest BCUT2D eigenvalue weighted by atomic mass is 16.7. The second-order valence-corrected chi connectivity index (χ2v) is 4.05. The molecular weight excluding hydrogens is 208 g/mol. The van der Waals surface area contributed by atoms with Gasteiger partial charge in [-0.3, -0.25) is 5.41 Å². The fourth-order valence-electron chi connectivity index (χ4n) is 1.85. The van der Waals surface area contributed by atoms with Gasteiger partial charge in [0.15, 0.2) is 6.29 Å². The molecule has 0 unspecified atom stereocenters. The third-order valence-corrected chi connectivity index (χ3v) is 2.97. The Labute approximate surface area is 97.2 Å². The van der Waals surface area contributed by atoms with Crippen LogP contribution < -0.4 is 0 Å². The number of likely N-dealkylation sites (N-methyl/N-ethyl adjacent to an activating group) is 1. The SMILES string of the molecule is COC(CN(C)C(=N)C1CCOCC1)OC. The van der Waals surface area contributed by atoms with Gasteiger partial charge in [0.25, 0.3) is 0 Å². The molecule has 1 rings (SSSR count). The molecule has 0 aromatic heterocycles. The Bertz CT molecular complexity index is 213. The lowest BCUT2D eigenvalue weighted by atomic mass is 9.98. The van der Waals surface area contributed by atoms with Gasteiger partial charge in [0, 0.05) is 40.4 Å². The molecule has 1 aliphatic rings. The number of hydrogen-bond donors (Lipinski definition) is 1. The van der Waals surface area contributed by atoms with E-state index in [9.17, 15) is 0 Å². The molecule has 1 heterocycles. The standard InChI is InChI=1S/C11H22N2O3/c1-13(8-10(14-2)15-3)11(12)9-4-6-16-7-5-9/h9-10,12H,4-8H2,1-3H3. The van der Waals surface area contributed by atoms with E-state index < -0.39 is 0 Å². The molecule has 1 N–H and O–H groups in total. The molecular formula is C11H22N2O3. The highest BCUT2D eigenvalue weighted by Gasteiger charge is 2.22. The second-order valence-electron chi connectivity index (χ2n) is 4.05. The molecule has 0 aromatic rings. The summed E-state index contributed by atoms with van der Waals surface area (Å²) in [6.07, 6.45) is 1.60. The molecule has 5 nitrogen and oxygen atoms in total. The predicted molar refractivity (Wildman–Crippen MR) is 61.7 cm³/mol. The first-order valence-corrected chi connectivity index (χ1v) is 5.62. The number of rotatable bonds is 5. The van der Waals surface area contributed by atoms with Crippen LogP contribution in [0.1, 0.15) is 12.8 Å². The van der Waals surface area contributed by atoms with Crippen molar-refractivity contribution in [3.8, 4) is 0 Å². The molecule has 0 saturated carbocycles. The molecule has 0 bridgehead atoms. The fourth-order valence-corrected chi connectivity index (χ4v) is 1.85. The van der Waals surface area contributed by atoms with Crippen molar-refractivity contribution in [1.82, 2.24) is 4.90 Å². The van der Waals surface area contributed by atoms with E-state index in [2.05, 4.69) is 0 Å². The Hall–Kier alpha value is -0.650. The van der Waals surface area contributed by atoms with Crippen LogP contribution in [-0.2, 0) is 14.2 Å². The summed E-state index contributed by atoms with van der Waals surface area (Å²) in [5, 5.41) is 8.09. The van der Waals surface area contributed by atoms with Crippen LogP contribution in [0.25, 0.3) is 0 Å². The summed E-state index contributed by atoms with van der Waals surface area (Å²) in [6, 6.07) is 0. The Morgan fingerprint density at radius 1 is 1.38 bits per heavy atom. The van der Waals surface area contributed by atoms with Crippen LogP contribution in [0.4, 0.5) is 0 Å². The van der Waals surface area contributed by atoms with Crippen molar-refractivity contribution in [3.05, 3.63) is 0 Å². The van der Waals surface area contributed by atoms with Crippen molar-refractivity contribution in [1.29, 1.82) is 5.41 Å². The van der Waals surface area contributed by atoms with Gasteiger partial charge in [0.2, 0.25) is 0 Å². The third-order valence-electron chi connectivity index (χ3n) is 2.97. The molecule has 0 spiro atoms. The summed E-state index contributed by atoms with van der Waals surface area (Å²) >= 11 is 0. The molecule has 0 radical (unpaired) electrons. The molecule has 0 aromatic carbocycles. The first-order chi connectivity index (χ1) is 7.69. The Morgan fingerprint density at radius 2 is 1.94 bits per heavy atom. The number of nitrogens with one attached hydrogen (secondary N) is 1. The first kappa shape index (κ1) is 13.4. The van der Waals surface area contributed by atoms with Crippen LogP contribution in [0.2, 0.25) is 0 Å². The maximum Gasteiger partial charge on any atom is 0.174 e. The van der Waals surface area contributed by atoms with E-state index in [-0.39, 0.29) is 6.29 Å². The minimum atomic E-state index is -0.273. The predicted octanol–water partition coefficient (Wildman–Crippen LogP) is 0.941. The number of methoxy groups -OCH3 is 2. The van der Waals surface area contributed by atoms with Gasteiger partial charge < -0.3 is 19.1 Å². The molecule has 1 aliphatic heterocycles. The van der Waals surface area contributed by atoms with Crippen molar-refractivity contribution >= 4 is 5.84 Å².